The Balaban J connectivity index is 3.76. The van der Waals surface area contributed by atoms with Crippen molar-refractivity contribution in [1.29, 1.82) is 5.41 Å². The Morgan fingerprint density at radius 3 is 2.53 bits per heavy atom. The lowest BCUT2D eigenvalue weighted by Crippen LogP contribution is -2.40. The van der Waals surface area contributed by atoms with Crippen LogP contribution in [0.1, 0.15) is 12.8 Å². The van der Waals surface area contributed by atoms with Gasteiger partial charge in [-0.2, -0.15) is 8.78 Å². The van der Waals surface area contributed by atoms with Crippen LogP contribution in [0.4, 0.5) is 8.78 Å². The summed E-state index contributed by atoms with van der Waals surface area (Å²) in [5.74, 6) is -1.55. The second kappa shape index (κ2) is 6.93. The number of nitrogens with one attached hydrogen (secondary N) is 3. The largest absolute Gasteiger partial charge is 0.480 e. The zero-order valence-electron chi connectivity index (χ0n) is 7.96. The molecule has 0 rings (SSSR count). The SMILES string of the molecule is N=C(N)NCCCC(NC(F)F)C(=O)O. The van der Waals surface area contributed by atoms with Gasteiger partial charge in [-0.05, 0) is 12.8 Å². The third-order valence-corrected chi connectivity index (χ3v) is 1.61. The molecule has 0 aliphatic heterocycles. The van der Waals surface area contributed by atoms with E-state index < -0.39 is 18.6 Å². The Hall–Kier alpha value is -1.44. The van der Waals surface area contributed by atoms with Crippen molar-refractivity contribution in [3.8, 4) is 0 Å². The quantitative estimate of drug-likeness (QED) is 0.173. The summed E-state index contributed by atoms with van der Waals surface area (Å²) < 4.78 is 23.7. The lowest BCUT2D eigenvalue weighted by atomic mass is 10.1. The van der Waals surface area contributed by atoms with E-state index >= 15 is 0 Å². The minimum Gasteiger partial charge on any atom is -0.480 e. The van der Waals surface area contributed by atoms with Crippen LogP contribution in [-0.4, -0.2) is 36.2 Å². The number of hydrogen-bond acceptors (Lipinski definition) is 3. The first-order valence-electron chi connectivity index (χ1n) is 4.28. The minimum absolute atomic E-state index is 0.0416. The van der Waals surface area contributed by atoms with Crippen LogP contribution in [0.15, 0.2) is 0 Å². The molecule has 0 aromatic heterocycles. The highest BCUT2D eigenvalue weighted by Gasteiger charge is 2.19. The molecule has 0 spiro atoms. The van der Waals surface area contributed by atoms with Gasteiger partial charge in [-0.25, -0.2) is 5.32 Å². The number of halogens is 2. The number of hydrogen-bond donors (Lipinski definition) is 5. The Morgan fingerprint density at radius 1 is 1.53 bits per heavy atom. The van der Waals surface area contributed by atoms with E-state index in [4.69, 9.17) is 16.2 Å². The number of carbonyl (C=O) groups is 1. The van der Waals surface area contributed by atoms with Crippen LogP contribution in [-0.2, 0) is 4.79 Å². The lowest BCUT2D eigenvalue weighted by Gasteiger charge is -2.13. The molecule has 0 radical (unpaired) electrons. The zero-order valence-corrected chi connectivity index (χ0v) is 7.96. The number of carboxylic acid groups (broad SMARTS) is 1. The first-order chi connectivity index (χ1) is 6.93. The second-order valence-electron chi connectivity index (χ2n) is 2.84. The molecule has 0 bridgehead atoms. The van der Waals surface area contributed by atoms with Crippen LogP contribution in [0.2, 0.25) is 0 Å². The standard InChI is InChI=1S/C7H14F2N4O2/c8-6(9)13-4(5(14)15)2-1-3-12-7(10)11/h4,6,13H,1-3H2,(H,14,15)(H4,10,11,12). The van der Waals surface area contributed by atoms with Crippen LogP contribution in [0.25, 0.3) is 0 Å². The minimum atomic E-state index is -2.85. The van der Waals surface area contributed by atoms with E-state index in [2.05, 4.69) is 5.32 Å². The Kier molecular flexibility index (Phi) is 6.27. The Morgan fingerprint density at radius 2 is 2.13 bits per heavy atom. The molecular formula is C7H14F2N4O2. The van der Waals surface area contributed by atoms with E-state index in [1.165, 1.54) is 0 Å². The van der Waals surface area contributed by atoms with Crippen LogP contribution in [0.5, 0.6) is 0 Å². The topological polar surface area (TPSA) is 111 Å². The molecule has 0 amide bonds. The van der Waals surface area contributed by atoms with Crippen LogP contribution < -0.4 is 16.4 Å². The van der Waals surface area contributed by atoms with E-state index in [0.717, 1.165) is 0 Å². The molecular weight excluding hydrogens is 210 g/mol. The zero-order chi connectivity index (χ0) is 11.8. The normalized spacial score (nSPS) is 12.5. The molecule has 6 nitrogen and oxygen atoms in total. The molecule has 0 aromatic rings. The molecule has 8 heteroatoms. The van der Waals surface area contributed by atoms with Gasteiger partial charge in [-0.1, -0.05) is 0 Å². The molecule has 1 atom stereocenters. The van der Waals surface area contributed by atoms with Gasteiger partial charge in [0, 0.05) is 6.54 Å². The number of alkyl halides is 2. The summed E-state index contributed by atoms with van der Waals surface area (Å²) in [6.45, 7) is -2.57. The number of guanidine groups is 1. The molecule has 0 heterocycles. The maximum absolute atomic E-state index is 11.8. The number of rotatable bonds is 7. The van der Waals surface area contributed by atoms with Gasteiger partial charge in [-0.3, -0.25) is 10.2 Å². The summed E-state index contributed by atoms with van der Waals surface area (Å²) in [6.07, 6.45) is 0.371. The molecule has 0 fully saturated rings. The average Bonchev–Trinajstić information content (AvgIpc) is 2.08. The van der Waals surface area contributed by atoms with Gasteiger partial charge in [-0.15, -0.1) is 0 Å². The van der Waals surface area contributed by atoms with Crippen LogP contribution in [0.3, 0.4) is 0 Å². The summed E-state index contributed by atoms with van der Waals surface area (Å²) in [7, 11) is 0. The van der Waals surface area contributed by atoms with Crippen molar-refractivity contribution >= 4 is 11.9 Å². The molecule has 0 saturated carbocycles. The predicted octanol–water partition coefficient (Wildman–Crippen LogP) is -0.485. The van der Waals surface area contributed by atoms with Gasteiger partial charge in [0.05, 0.1) is 0 Å². The highest BCUT2D eigenvalue weighted by Crippen LogP contribution is 2.00. The third kappa shape index (κ3) is 7.62. The van der Waals surface area contributed by atoms with Crippen LogP contribution >= 0.6 is 0 Å². The van der Waals surface area contributed by atoms with Gasteiger partial charge in [0.2, 0.25) is 0 Å². The molecule has 15 heavy (non-hydrogen) atoms. The fraction of sp³-hybridized carbons (Fsp3) is 0.714. The van der Waals surface area contributed by atoms with Gasteiger partial charge < -0.3 is 16.2 Å². The van der Waals surface area contributed by atoms with Crippen molar-refractivity contribution in [1.82, 2.24) is 10.6 Å². The molecule has 0 aliphatic rings. The number of carboxylic acids is 1. The van der Waals surface area contributed by atoms with Crippen molar-refractivity contribution in [2.45, 2.75) is 25.4 Å². The predicted molar refractivity (Wildman–Crippen MR) is 49.7 cm³/mol. The van der Waals surface area contributed by atoms with E-state index in [9.17, 15) is 13.6 Å². The average molecular weight is 224 g/mol. The fourth-order valence-electron chi connectivity index (χ4n) is 0.959. The summed E-state index contributed by atoms with van der Waals surface area (Å²) >= 11 is 0. The van der Waals surface area contributed by atoms with Crippen molar-refractivity contribution in [2.75, 3.05) is 6.54 Å². The number of nitrogens with two attached hydrogens (primary N) is 1. The summed E-state index contributed by atoms with van der Waals surface area (Å²) in [6, 6.07) is -1.28. The molecule has 0 aromatic carbocycles. The van der Waals surface area contributed by atoms with E-state index in [-0.39, 0.29) is 18.9 Å². The number of aliphatic carboxylic acids is 1. The summed E-state index contributed by atoms with van der Waals surface area (Å²) in [4.78, 5) is 10.5. The van der Waals surface area contributed by atoms with Crippen molar-refractivity contribution in [3.63, 3.8) is 0 Å². The first-order valence-corrected chi connectivity index (χ1v) is 4.28. The van der Waals surface area contributed by atoms with Gasteiger partial charge in [0.25, 0.3) is 6.55 Å². The van der Waals surface area contributed by atoms with Gasteiger partial charge >= 0.3 is 5.97 Å². The highest BCUT2D eigenvalue weighted by molar-refractivity contribution is 5.74. The van der Waals surface area contributed by atoms with Crippen molar-refractivity contribution in [2.24, 2.45) is 5.73 Å². The molecule has 0 aliphatic carbocycles. The second-order valence-corrected chi connectivity index (χ2v) is 2.84. The lowest BCUT2D eigenvalue weighted by molar-refractivity contribution is -0.141. The van der Waals surface area contributed by atoms with E-state index in [0.29, 0.717) is 6.42 Å². The van der Waals surface area contributed by atoms with Crippen molar-refractivity contribution < 1.29 is 18.7 Å². The van der Waals surface area contributed by atoms with Crippen LogP contribution in [0, 0.1) is 5.41 Å². The molecule has 1 unspecified atom stereocenters. The molecule has 88 valence electrons. The van der Waals surface area contributed by atoms with E-state index in [1.54, 1.807) is 5.32 Å². The Bertz CT molecular complexity index is 225. The Labute approximate surface area is 85.3 Å². The first kappa shape index (κ1) is 13.6. The smallest absolute Gasteiger partial charge is 0.320 e. The molecule has 0 saturated heterocycles. The van der Waals surface area contributed by atoms with Gasteiger partial charge in [0.1, 0.15) is 6.04 Å². The monoisotopic (exact) mass is 224 g/mol. The van der Waals surface area contributed by atoms with E-state index in [1.807, 2.05) is 0 Å². The summed E-state index contributed by atoms with van der Waals surface area (Å²) in [5, 5.41) is 19.4. The third-order valence-electron chi connectivity index (χ3n) is 1.61. The van der Waals surface area contributed by atoms with Gasteiger partial charge in [0.15, 0.2) is 5.96 Å². The highest BCUT2D eigenvalue weighted by atomic mass is 19.3. The molecule has 6 N–H and O–H groups in total. The maximum Gasteiger partial charge on any atom is 0.320 e. The van der Waals surface area contributed by atoms with Crippen molar-refractivity contribution in [3.05, 3.63) is 0 Å². The summed E-state index contributed by atoms with van der Waals surface area (Å²) in [5.41, 5.74) is 4.97. The maximum atomic E-state index is 11.8. The fourth-order valence-corrected chi connectivity index (χ4v) is 0.959.